The molecule has 0 spiro atoms. The van der Waals surface area contributed by atoms with E-state index in [1.165, 1.54) is 6.33 Å². The molecule has 0 fully saturated rings. The van der Waals surface area contributed by atoms with Gasteiger partial charge in [-0.1, -0.05) is 11.2 Å². The maximum atomic E-state index is 12.2. The van der Waals surface area contributed by atoms with Crippen LogP contribution in [-0.2, 0) is 6.54 Å². The first-order chi connectivity index (χ1) is 12.7. The smallest absolute Gasteiger partial charge is 0.275 e. The molecule has 1 aliphatic heterocycles. The topological polar surface area (TPSA) is 111 Å². The normalized spacial score (nSPS) is 12.0. The molecule has 0 saturated carbocycles. The van der Waals surface area contributed by atoms with Crippen LogP contribution in [0.1, 0.15) is 21.8 Å². The number of rotatable bonds is 5. The lowest BCUT2D eigenvalue weighted by Crippen LogP contribution is -2.15. The van der Waals surface area contributed by atoms with E-state index in [4.69, 9.17) is 14.0 Å². The Morgan fingerprint density at radius 2 is 2.00 bits per heavy atom. The minimum Gasteiger partial charge on any atom is -0.454 e. The Balaban J connectivity index is 1.41. The van der Waals surface area contributed by atoms with Gasteiger partial charge in [0.25, 0.3) is 5.91 Å². The van der Waals surface area contributed by atoms with Crippen LogP contribution in [0.15, 0.2) is 41.2 Å². The zero-order chi connectivity index (χ0) is 17.9. The van der Waals surface area contributed by atoms with Gasteiger partial charge in [-0.2, -0.15) is 0 Å². The molecule has 9 heteroatoms. The highest BCUT2D eigenvalue weighted by Gasteiger charge is 2.14. The van der Waals surface area contributed by atoms with Gasteiger partial charge in [-0.15, -0.1) is 0 Å². The number of nitrogens with one attached hydrogen (secondary N) is 2. The third kappa shape index (κ3) is 3.41. The standard InChI is InChI=1S/C17H15N5O4/c1-10-4-16(22-26-10)21-17(23)12-6-15(20-8-19-12)18-7-11-2-3-13-14(5-11)25-9-24-13/h2-6,8H,7,9H2,1H3,(H,18,19,20)(H,21,22,23). The van der Waals surface area contributed by atoms with Gasteiger partial charge in [-0.05, 0) is 24.6 Å². The second-order valence-electron chi connectivity index (χ2n) is 5.61. The fourth-order valence-electron chi connectivity index (χ4n) is 2.43. The van der Waals surface area contributed by atoms with E-state index >= 15 is 0 Å². The summed E-state index contributed by atoms with van der Waals surface area (Å²) >= 11 is 0. The number of aromatic nitrogens is 3. The average molecular weight is 353 g/mol. The van der Waals surface area contributed by atoms with Crippen LogP contribution in [0, 0.1) is 6.92 Å². The number of hydrogen-bond donors (Lipinski definition) is 2. The van der Waals surface area contributed by atoms with E-state index in [1.807, 2.05) is 18.2 Å². The Labute approximate surface area is 148 Å². The van der Waals surface area contributed by atoms with Gasteiger partial charge < -0.3 is 24.6 Å². The van der Waals surface area contributed by atoms with Crippen molar-refractivity contribution in [3.05, 3.63) is 53.7 Å². The van der Waals surface area contributed by atoms with Gasteiger partial charge in [0.05, 0.1) is 0 Å². The van der Waals surface area contributed by atoms with Crippen LogP contribution >= 0.6 is 0 Å². The summed E-state index contributed by atoms with van der Waals surface area (Å²) in [6.45, 7) is 2.49. The van der Waals surface area contributed by atoms with E-state index in [1.54, 1.807) is 19.1 Å². The quantitative estimate of drug-likeness (QED) is 0.719. The molecule has 0 unspecified atom stereocenters. The molecule has 9 nitrogen and oxygen atoms in total. The van der Waals surface area contributed by atoms with Crippen molar-refractivity contribution >= 4 is 17.5 Å². The maximum Gasteiger partial charge on any atom is 0.275 e. The van der Waals surface area contributed by atoms with Crippen LogP contribution in [-0.4, -0.2) is 27.8 Å². The molecule has 3 aromatic rings. The number of benzene rings is 1. The van der Waals surface area contributed by atoms with Gasteiger partial charge in [-0.3, -0.25) is 4.79 Å². The third-order valence-corrected chi connectivity index (χ3v) is 3.68. The number of nitrogens with zero attached hydrogens (tertiary/aromatic N) is 3. The fourth-order valence-corrected chi connectivity index (χ4v) is 2.43. The van der Waals surface area contributed by atoms with E-state index in [0.717, 1.165) is 17.1 Å². The zero-order valence-corrected chi connectivity index (χ0v) is 13.9. The van der Waals surface area contributed by atoms with Crippen LogP contribution in [0.2, 0.25) is 0 Å². The third-order valence-electron chi connectivity index (χ3n) is 3.68. The molecule has 2 N–H and O–H groups in total. The van der Waals surface area contributed by atoms with Gasteiger partial charge in [0.15, 0.2) is 17.3 Å². The predicted octanol–water partition coefficient (Wildman–Crippen LogP) is 2.37. The second-order valence-corrected chi connectivity index (χ2v) is 5.61. The first-order valence-corrected chi connectivity index (χ1v) is 7.86. The lowest BCUT2D eigenvalue weighted by Gasteiger charge is -2.07. The zero-order valence-electron chi connectivity index (χ0n) is 13.9. The molecule has 1 amide bonds. The van der Waals surface area contributed by atoms with Crippen molar-refractivity contribution in [2.45, 2.75) is 13.5 Å². The fraction of sp³-hybridized carbons (Fsp3) is 0.176. The van der Waals surface area contributed by atoms with E-state index in [9.17, 15) is 4.79 Å². The number of ether oxygens (including phenoxy) is 2. The van der Waals surface area contributed by atoms with Crippen molar-refractivity contribution in [3.8, 4) is 11.5 Å². The van der Waals surface area contributed by atoms with E-state index in [2.05, 4.69) is 25.8 Å². The van der Waals surface area contributed by atoms with Crippen molar-refractivity contribution in [2.24, 2.45) is 0 Å². The Morgan fingerprint density at radius 1 is 1.12 bits per heavy atom. The molecular weight excluding hydrogens is 338 g/mol. The largest absolute Gasteiger partial charge is 0.454 e. The molecule has 0 saturated heterocycles. The SMILES string of the molecule is Cc1cc(NC(=O)c2cc(NCc3ccc4c(c3)OCO4)ncn2)no1. The summed E-state index contributed by atoms with van der Waals surface area (Å²) in [6.07, 6.45) is 1.32. The maximum absolute atomic E-state index is 12.2. The molecule has 2 aromatic heterocycles. The van der Waals surface area contributed by atoms with Crippen molar-refractivity contribution < 1.29 is 18.8 Å². The van der Waals surface area contributed by atoms with Crippen LogP contribution in [0.4, 0.5) is 11.6 Å². The molecule has 1 aliphatic rings. The van der Waals surface area contributed by atoms with E-state index in [0.29, 0.717) is 23.9 Å². The molecule has 132 valence electrons. The van der Waals surface area contributed by atoms with Crippen molar-refractivity contribution in [2.75, 3.05) is 17.4 Å². The highest BCUT2D eigenvalue weighted by Crippen LogP contribution is 2.32. The number of carbonyl (C=O) groups excluding carboxylic acids is 1. The molecule has 4 rings (SSSR count). The number of amides is 1. The molecule has 0 atom stereocenters. The summed E-state index contributed by atoms with van der Waals surface area (Å²) in [5.74, 6) is 2.52. The highest BCUT2D eigenvalue weighted by molar-refractivity contribution is 6.02. The lowest BCUT2D eigenvalue weighted by atomic mass is 10.2. The first kappa shape index (κ1) is 15.9. The van der Waals surface area contributed by atoms with Crippen LogP contribution < -0.4 is 20.1 Å². The average Bonchev–Trinajstić information content (AvgIpc) is 3.28. The summed E-state index contributed by atoms with van der Waals surface area (Å²) in [4.78, 5) is 20.4. The number of fused-ring (bicyclic) bond motifs is 1. The summed E-state index contributed by atoms with van der Waals surface area (Å²) in [5, 5.41) is 9.49. The Morgan fingerprint density at radius 3 is 2.85 bits per heavy atom. The number of carbonyl (C=O) groups is 1. The van der Waals surface area contributed by atoms with Crippen LogP contribution in [0.3, 0.4) is 0 Å². The van der Waals surface area contributed by atoms with Gasteiger partial charge in [0.2, 0.25) is 6.79 Å². The minimum absolute atomic E-state index is 0.217. The van der Waals surface area contributed by atoms with Crippen LogP contribution in [0.5, 0.6) is 11.5 Å². The number of anilines is 2. The summed E-state index contributed by atoms with van der Waals surface area (Å²) < 4.78 is 15.6. The molecular formula is C17H15N5O4. The van der Waals surface area contributed by atoms with Gasteiger partial charge >= 0.3 is 0 Å². The van der Waals surface area contributed by atoms with E-state index in [-0.39, 0.29) is 12.5 Å². The van der Waals surface area contributed by atoms with Gasteiger partial charge in [-0.25, -0.2) is 9.97 Å². The molecule has 3 heterocycles. The number of aryl methyl sites for hydroxylation is 1. The summed E-state index contributed by atoms with van der Waals surface area (Å²) in [5.41, 5.74) is 1.21. The number of hydrogen-bond acceptors (Lipinski definition) is 8. The molecule has 0 radical (unpaired) electrons. The van der Waals surface area contributed by atoms with Gasteiger partial charge in [0, 0.05) is 18.7 Å². The molecule has 0 bridgehead atoms. The van der Waals surface area contributed by atoms with E-state index < -0.39 is 5.91 Å². The first-order valence-electron chi connectivity index (χ1n) is 7.86. The summed E-state index contributed by atoms with van der Waals surface area (Å²) in [7, 11) is 0. The Bertz CT molecular complexity index is 956. The van der Waals surface area contributed by atoms with Crippen molar-refractivity contribution in [1.29, 1.82) is 0 Å². The lowest BCUT2D eigenvalue weighted by molar-refractivity contribution is 0.102. The Kier molecular flexibility index (Phi) is 4.10. The monoisotopic (exact) mass is 353 g/mol. The van der Waals surface area contributed by atoms with Crippen molar-refractivity contribution in [1.82, 2.24) is 15.1 Å². The highest BCUT2D eigenvalue weighted by atomic mass is 16.7. The predicted molar refractivity (Wildman–Crippen MR) is 91.1 cm³/mol. The second kappa shape index (κ2) is 6.71. The molecule has 1 aromatic carbocycles. The molecule has 0 aliphatic carbocycles. The van der Waals surface area contributed by atoms with Crippen LogP contribution in [0.25, 0.3) is 0 Å². The van der Waals surface area contributed by atoms with Gasteiger partial charge in [0.1, 0.15) is 23.6 Å². The molecule has 26 heavy (non-hydrogen) atoms. The van der Waals surface area contributed by atoms with Crippen molar-refractivity contribution in [3.63, 3.8) is 0 Å². The Hall–Kier alpha value is -3.62. The minimum atomic E-state index is -0.396. The summed E-state index contributed by atoms with van der Waals surface area (Å²) in [6, 6.07) is 8.88.